The number of hydrogen-bond donors (Lipinski definition) is 1. The molecule has 3 aromatic rings. The lowest BCUT2D eigenvalue weighted by Crippen LogP contribution is -2.26. The van der Waals surface area contributed by atoms with Crippen molar-refractivity contribution in [1.82, 2.24) is 5.32 Å². The highest BCUT2D eigenvalue weighted by molar-refractivity contribution is 5.86. The van der Waals surface area contributed by atoms with E-state index in [1.165, 1.54) is 10.8 Å². The molecule has 0 aliphatic heterocycles. The monoisotopic (exact) mass is 293 g/mol. The molecule has 3 heteroatoms. The van der Waals surface area contributed by atoms with Crippen LogP contribution in [-0.2, 0) is 11.2 Å². The third-order valence-corrected chi connectivity index (χ3v) is 3.85. The lowest BCUT2D eigenvalue weighted by atomic mass is 9.99. The molecule has 0 bridgehead atoms. The maximum absolute atomic E-state index is 12.1. The zero-order chi connectivity index (χ0) is 15.4. The summed E-state index contributed by atoms with van der Waals surface area (Å²) in [6.45, 7) is 2.02. The fourth-order valence-electron chi connectivity index (χ4n) is 2.71. The molecule has 1 aromatic heterocycles. The smallest absolute Gasteiger partial charge is 0.220 e. The summed E-state index contributed by atoms with van der Waals surface area (Å²) in [7, 11) is 0. The van der Waals surface area contributed by atoms with Gasteiger partial charge in [-0.05, 0) is 35.4 Å². The van der Waals surface area contributed by atoms with Crippen LogP contribution in [0.5, 0.6) is 0 Å². The normalized spacial score (nSPS) is 12.2. The van der Waals surface area contributed by atoms with E-state index in [-0.39, 0.29) is 11.9 Å². The van der Waals surface area contributed by atoms with Crippen molar-refractivity contribution in [3.05, 3.63) is 72.2 Å². The summed E-state index contributed by atoms with van der Waals surface area (Å²) in [6, 6.07) is 18.1. The Morgan fingerprint density at radius 1 is 1.09 bits per heavy atom. The molecule has 0 radical (unpaired) electrons. The number of rotatable bonds is 5. The number of aryl methyl sites for hydroxylation is 1. The molecule has 0 aliphatic carbocycles. The molecule has 0 fully saturated rings. The van der Waals surface area contributed by atoms with Gasteiger partial charge in [-0.2, -0.15) is 0 Å². The fourth-order valence-corrected chi connectivity index (χ4v) is 2.71. The maximum Gasteiger partial charge on any atom is 0.220 e. The van der Waals surface area contributed by atoms with Gasteiger partial charge in [0.2, 0.25) is 5.91 Å². The molecule has 1 N–H and O–H groups in total. The van der Waals surface area contributed by atoms with Gasteiger partial charge in [-0.25, -0.2) is 0 Å². The van der Waals surface area contributed by atoms with Crippen molar-refractivity contribution in [2.75, 3.05) is 0 Å². The Hall–Kier alpha value is -2.55. The summed E-state index contributed by atoms with van der Waals surface area (Å²) in [4.78, 5) is 12.1. The third-order valence-electron chi connectivity index (χ3n) is 3.85. The number of fused-ring (bicyclic) bond motifs is 1. The van der Waals surface area contributed by atoms with Crippen molar-refractivity contribution < 1.29 is 9.21 Å². The zero-order valence-electron chi connectivity index (χ0n) is 12.6. The molecule has 0 saturated heterocycles. The molecule has 0 spiro atoms. The van der Waals surface area contributed by atoms with E-state index in [1.807, 2.05) is 37.3 Å². The van der Waals surface area contributed by atoms with Crippen molar-refractivity contribution in [3.63, 3.8) is 0 Å². The second kappa shape index (κ2) is 6.48. The Morgan fingerprint density at radius 3 is 2.73 bits per heavy atom. The van der Waals surface area contributed by atoms with E-state index in [1.54, 1.807) is 6.26 Å². The second-order valence-electron chi connectivity index (χ2n) is 5.44. The lowest BCUT2D eigenvalue weighted by molar-refractivity contribution is -0.121. The molecule has 1 heterocycles. The average molecular weight is 293 g/mol. The minimum Gasteiger partial charge on any atom is -0.469 e. The highest BCUT2D eigenvalue weighted by Gasteiger charge is 2.12. The van der Waals surface area contributed by atoms with Crippen LogP contribution in [0.25, 0.3) is 10.8 Å². The van der Waals surface area contributed by atoms with Crippen molar-refractivity contribution in [3.8, 4) is 0 Å². The van der Waals surface area contributed by atoms with Gasteiger partial charge in [0, 0.05) is 12.8 Å². The number of nitrogens with one attached hydrogen (secondary N) is 1. The Balaban J connectivity index is 1.68. The molecule has 0 aliphatic rings. The fraction of sp³-hybridized carbons (Fsp3) is 0.211. The van der Waals surface area contributed by atoms with Gasteiger partial charge in [0.05, 0.1) is 12.3 Å². The van der Waals surface area contributed by atoms with E-state index >= 15 is 0 Å². The average Bonchev–Trinajstić information content (AvgIpc) is 3.06. The predicted octanol–water partition coefficient (Wildman–Crippen LogP) is 4.24. The third kappa shape index (κ3) is 3.19. The molecular formula is C19H19NO2. The highest BCUT2D eigenvalue weighted by atomic mass is 16.3. The minimum absolute atomic E-state index is 0.0183. The first kappa shape index (κ1) is 14.4. The van der Waals surface area contributed by atoms with Crippen LogP contribution in [-0.4, -0.2) is 5.91 Å². The first-order chi connectivity index (χ1) is 10.7. The van der Waals surface area contributed by atoms with Gasteiger partial charge in [0.15, 0.2) is 0 Å². The van der Waals surface area contributed by atoms with E-state index < -0.39 is 0 Å². The van der Waals surface area contributed by atoms with Crippen molar-refractivity contribution in [1.29, 1.82) is 0 Å². The quantitative estimate of drug-likeness (QED) is 0.764. The molecule has 1 unspecified atom stereocenters. The van der Waals surface area contributed by atoms with Crippen LogP contribution in [0.2, 0.25) is 0 Å². The largest absolute Gasteiger partial charge is 0.469 e. The van der Waals surface area contributed by atoms with Crippen LogP contribution in [0.15, 0.2) is 65.3 Å². The number of carbonyl (C=O) groups is 1. The summed E-state index contributed by atoms with van der Waals surface area (Å²) in [5.74, 6) is 0.879. The molecular weight excluding hydrogens is 274 g/mol. The van der Waals surface area contributed by atoms with Crippen LogP contribution in [0.3, 0.4) is 0 Å². The first-order valence-electron chi connectivity index (χ1n) is 7.53. The summed E-state index contributed by atoms with van der Waals surface area (Å²) in [5, 5.41) is 5.45. The van der Waals surface area contributed by atoms with Crippen molar-refractivity contribution in [2.45, 2.75) is 25.8 Å². The van der Waals surface area contributed by atoms with Crippen LogP contribution in [0.4, 0.5) is 0 Å². The van der Waals surface area contributed by atoms with Gasteiger partial charge in [-0.15, -0.1) is 0 Å². The summed E-state index contributed by atoms with van der Waals surface area (Å²) in [6.07, 6.45) is 2.69. The number of furan rings is 1. The molecule has 1 amide bonds. The topological polar surface area (TPSA) is 42.2 Å². The molecule has 2 aromatic carbocycles. The minimum atomic E-state index is -0.0183. The first-order valence-corrected chi connectivity index (χ1v) is 7.53. The van der Waals surface area contributed by atoms with Crippen molar-refractivity contribution in [2.24, 2.45) is 0 Å². The second-order valence-corrected chi connectivity index (χ2v) is 5.44. The van der Waals surface area contributed by atoms with Gasteiger partial charge in [-0.3, -0.25) is 4.79 Å². The van der Waals surface area contributed by atoms with Crippen LogP contribution >= 0.6 is 0 Å². The van der Waals surface area contributed by atoms with Gasteiger partial charge < -0.3 is 9.73 Å². The highest BCUT2D eigenvalue weighted by Crippen LogP contribution is 2.24. The number of hydrogen-bond acceptors (Lipinski definition) is 2. The van der Waals surface area contributed by atoms with Gasteiger partial charge in [-0.1, -0.05) is 42.5 Å². The molecule has 112 valence electrons. The maximum atomic E-state index is 12.1. The van der Waals surface area contributed by atoms with E-state index in [9.17, 15) is 4.79 Å². The Morgan fingerprint density at radius 2 is 1.91 bits per heavy atom. The van der Waals surface area contributed by atoms with Gasteiger partial charge in [0.25, 0.3) is 0 Å². The van der Waals surface area contributed by atoms with Gasteiger partial charge >= 0.3 is 0 Å². The summed E-state index contributed by atoms with van der Waals surface area (Å²) >= 11 is 0. The molecule has 3 nitrogen and oxygen atoms in total. The van der Waals surface area contributed by atoms with Crippen molar-refractivity contribution >= 4 is 16.7 Å². The molecule has 3 rings (SSSR count). The molecule has 22 heavy (non-hydrogen) atoms. The molecule has 0 saturated carbocycles. The summed E-state index contributed by atoms with van der Waals surface area (Å²) < 4.78 is 5.25. The van der Waals surface area contributed by atoms with E-state index in [0.29, 0.717) is 12.8 Å². The zero-order valence-corrected chi connectivity index (χ0v) is 12.6. The SMILES string of the molecule is CC(NC(=O)CCc1ccco1)c1cccc2ccccc12. The summed E-state index contributed by atoms with van der Waals surface area (Å²) in [5.41, 5.74) is 1.14. The Bertz CT molecular complexity index is 757. The van der Waals surface area contributed by atoms with E-state index in [2.05, 4.69) is 29.6 Å². The van der Waals surface area contributed by atoms with Gasteiger partial charge in [0.1, 0.15) is 5.76 Å². The standard InChI is InChI=1S/C19H19NO2/c1-14(20-19(21)12-11-16-8-5-13-22-16)17-10-4-7-15-6-2-3-9-18(15)17/h2-10,13-14H,11-12H2,1H3,(H,20,21). The van der Waals surface area contributed by atoms with Crippen LogP contribution in [0, 0.1) is 0 Å². The molecule has 1 atom stereocenters. The van der Waals surface area contributed by atoms with Crippen LogP contribution in [0.1, 0.15) is 30.7 Å². The van der Waals surface area contributed by atoms with E-state index in [4.69, 9.17) is 4.42 Å². The predicted molar refractivity (Wildman–Crippen MR) is 87.5 cm³/mol. The number of carbonyl (C=O) groups excluding carboxylic acids is 1. The number of amides is 1. The lowest BCUT2D eigenvalue weighted by Gasteiger charge is -2.16. The number of benzene rings is 2. The van der Waals surface area contributed by atoms with Crippen LogP contribution < -0.4 is 5.32 Å². The van der Waals surface area contributed by atoms with E-state index in [0.717, 1.165) is 11.3 Å². The Kier molecular flexibility index (Phi) is 4.24. The Labute approximate surface area is 130 Å².